The van der Waals surface area contributed by atoms with Crippen molar-refractivity contribution >= 4 is 0 Å². The summed E-state index contributed by atoms with van der Waals surface area (Å²) in [6.45, 7) is 0. The number of nitrogens with zero attached hydrogens (tertiary/aromatic N) is 3. The summed E-state index contributed by atoms with van der Waals surface area (Å²) < 4.78 is 1.72. The van der Waals surface area contributed by atoms with E-state index in [0.717, 1.165) is 11.3 Å². The SMILES string of the molecule is Cn1nc(C#N)cc1-c1ccccc1. The van der Waals surface area contributed by atoms with E-state index in [1.165, 1.54) is 0 Å². The van der Waals surface area contributed by atoms with Gasteiger partial charge in [0.05, 0.1) is 5.69 Å². The Morgan fingerprint density at radius 2 is 2.00 bits per heavy atom. The van der Waals surface area contributed by atoms with Crippen LogP contribution >= 0.6 is 0 Å². The lowest BCUT2D eigenvalue weighted by Gasteiger charge is -1.99. The van der Waals surface area contributed by atoms with Crippen LogP contribution in [0.4, 0.5) is 0 Å². The Balaban J connectivity index is 2.53. The van der Waals surface area contributed by atoms with Crippen LogP contribution in [0.5, 0.6) is 0 Å². The highest BCUT2D eigenvalue weighted by atomic mass is 15.3. The molecule has 14 heavy (non-hydrogen) atoms. The average Bonchev–Trinajstić information content (AvgIpc) is 2.61. The third-order valence-corrected chi connectivity index (χ3v) is 2.06. The zero-order valence-electron chi connectivity index (χ0n) is 7.81. The first-order chi connectivity index (χ1) is 6.81. The van der Waals surface area contributed by atoms with Gasteiger partial charge in [0.25, 0.3) is 0 Å². The quantitative estimate of drug-likeness (QED) is 0.678. The number of rotatable bonds is 1. The smallest absolute Gasteiger partial charge is 0.163 e. The average molecular weight is 183 g/mol. The third kappa shape index (κ3) is 1.38. The first-order valence-corrected chi connectivity index (χ1v) is 4.31. The van der Waals surface area contributed by atoms with Crippen molar-refractivity contribution in [2.75, 3.05) is 0 Å². The van der Waals surface area contributed by atoms with Crippen LogP contribution < -0.4 is 0 Å². The van der Waals surface area contributed by atoms with Gasteiger partial charge in [-0.1, -0.05) is 30.3 Å². The molecule has 0 fully saturated rings. The molecule has 0 amide bonds. The van der Waals surface area contributed by atoms with Gasteiger partial charge in [0.15, 0.2) is 5.69 Å². The van der Waals surface area contributed by atoms with E-state index in [9.17, 15) is 0 Å². The molecule has 3 heteroatoms. The highest BCUT2D eigenvalue weighted by Crippen LogP contribution is 2.18. The topological polar surface area (TPSA) is 41.6 Å². The normalized spacial score (nSPS) is 9.71. The van der Waals surface area contributed by atoms with E-state index < -0.39 is 0 Å². The lowest BCUT2D eigenvalue weighted by Crippen LogP contribution is -1.93. The molecule has 2 rings (SSSR count). The fourth-order valence-corrected chi connectivity index (χ4v) is 1.40. The molecule has 1 aromatic heterocycles. The lowest BCUT2D eigenvalue weighted by molar-refractivity contribution is 0.771. The molecule has 68 valence electrons. The monoisotopic (exact) mass is 183 g/mol. The van der Waals surface area contributed by atoms with Crippen LogP contribution in [0.3, 0.4) is 0 Å². The van der Waals surface area contributed by atoms with Gasteiger partial charge in [-0.25, -0.2) is 0 Å². The van der Waals surface area contributed by atoms with Crippen LogP contribution in [-0.4, -0.2) is 9.78 Å². The molecule has 0 bridgehead atoms. The number of aromatic nitrogens is 2. The van der Waals surface area contributed by atoms with Crippen LogP contribution in [0.2, 0.25) is 0 Å². The molecule has 0 N–H and O–H groups in total. The van der Waals surface area contributed by atoms with Gasteiger partial charge in [-0.05, 0) is 5.56 Å². The molecule has 0 aliphatic rings. The maximum absolute atomic E-state index is 8.70. The molecule has 0 aliphatic heterocycles. The van der Waals surface area contributed by atoms with E-state index in [2.05, 4.69) is 5.10 Å². The number of benzene rings is 1. The summed E-state index contributed by atoms with van der Waals surface area (Å²) in [4.78, 5) is 0. The minimum absolute atomic E-state index is 0.450. The fraction of sp³-hybridized carbons (Fsp3) is 0.0909. The van der Waals surface area contributed by atoms with Crippen molar-refractivity contribution in [2.45, 2.75) is 0 Å². The van der Waals surface area contributed by atoms with Gasteiger partial charge >= 0.3 is 0 Å². The largest absolute Gasteiger partial charge is 0.267 e. The van der Waals surface area contributed by atoms with E-state index in [-0.39, 0.29) is 0 Å². The molecule has 0 saturated heterocycles. The molecule has 0 unspecified atom stereocenters. The van der Waals surface area contributed by atoms with Crippen LogP contribution in [0.25, 0.3) is 11.3 Å². The molecule has 2 aromatic rings. The highest BCUT2D eigenvalue weighted by Gasteiger charge is 2.05. The summed E-state index contributed by atoms with van der Waals surface area (Å²) in [5.74, 6) is 0. The van der Waals surface area contributed by atoms with E-state index in [0.29, 0.717) is 5.69 Å². The summed E-state index contributed by atoms with van der Waals surface area (Å²) in [7, 11) is 1.84. The summed E-state index contributed by atoms with van der Waals surface area (Å²) >= 11 is 0. The molecule has 0 atom stereocenters. The first-order valence-electron chi connectivity index (χ1n) is 4.31. The third-order valence-electron chi connectivity index (χ3n) is 2.06. The summed E-state index contributed by atoms with van der Waals surface area (Å²) in [6, 6.07) is 13.7. The van der Waals surface area contributed by atoms with Crippen LogP contribution in [0.15, 0.2) is 36.4 Å². The van der Waals surface area contributed by atoms with E-state index in [4.69, 9.17) is 5.26 Å². The van der Waals surface area contributed by atoms with Crippen LogP contribution in [0.1, 0.15) is 5.69 Å². The van der Waals surface area contributed by atoms with Crippen molar-refractivity contribution in [3.8, 4) is 17.3 Å². The molecule has 3 nitrogen and oxygen atoms in total. The standard InChI is InChI=1S/C11H9N3/c1-14-11(7-10(8-12)13-14)9-5-3-2-4-6-9/h2-7H,1H3. The molecule has 1 aromatic carbocycles. The van der Waals surface area contributed by atoms with Crippen molar-refractivity contribution in [1.29, 1.82) is 5.26 Å². The Morgan fingerprint density at radius 3 is 2.57 bits per heavy atom. The molecule has 0 radical (unpaired) electrons. The second kappa shape index (κ2) is 3.35. The predicted molar refractivity (Wildman–Crippen MR) is 53.4 cm³/mol. The van der Waals surface area contributed by atoms with Gasteiger partial charge < -0.3 is 0 Å². The second-order valence-electron chi connectivity index (χ2n) is 3.02. The van der Waals surface area contributed by atoms with Crippen molar-refractivity contribution in [3.05, 3.63) is 42.1 Å². The number of nitriles is 1. The Bertz CT molecular complexity index is 477. The first kappa shape index (κ1) is 8.52. The second-order valence-corrected chi connectivity index (χ2v) is 3.02. The lowest BCUT2D eigenvalue weighted by atomic mass is 10.1. The van der Waals surface area contributed by atoms with Crippen LogP contribution in [0, 0.1) is 11.3 Å². The van der Waals surface area contributed by atoms with Gasteiger partial charge in [0.1, 0.15) is 6.07 Å². The Kier molecular flexibility index (Phi) is 2.04. The van der Waals surface area contributed by atoms with E-state index >= 15 is 0 Å². The maximum Gasteiger partial charge on any atom is 0.163 e. The zero-order valence-corrected chi connectivity index (χ0v) is 7.81. The van der Waals surface area contributed by atoms with Gasteiger partial charge in [-0.2, -0.15) is 10.4 Å². The molecule has 0 spiro atoms. The molecule has 0 saturated carbocycles. The van der Waals surface area contributed by atoms with Crippen molar-refractivity contribution in [2.24, 2.45) is 7.05 Å². The van der Waals surface area contributed by atoms with E-state index in [1.807, 2.05) is 43.4 Å². The summed E-state index contributed by atoms with van der Waals surface area (Å²) in [6.07, 6.45) is 0. The van der Waals surface area contributed by atoms with Crippen LogP contribution in [-0.2, 0) is 7.05 Å². The predicted octanol–water partition coefficient (Wildman–Crippen LogP) is 1.96. The molecular weight excluding hydrogens is 174 g/mol. The van der Waals surface area contributed by atoms with Crippen molar-refractivity contribution in [3.63, 3.8) is 0 Å². The maximum atomic E-state index is 8.70. The zero-order chi connectivity index (χ0) is 9.97. The fourth-order valence-electron chi connectivity index (χ4n) is 1.40. The van der Waals surface area contributed by atoms with Gasteiger partial charge in [0, 0.05) is 13.1 Å². The van der Waals surface area contributed by atoms with Gasteiger partial charge in [0.2, 0.25) is 0 Å². The van der Waals surface area contributed by atoms with Gasteiger partial charge in [-0.3, -0.25) is 4.68 Å². The summed E-state index contributed by atoms with van der Waals surface area (Å²) in [5.41, 5.74) is 2.48. The molecular formula is C11H9N3. The Morgan fingerprint density at radius 1 is 1.29 bits per heavy atom. The summed E-state index contributed by atoms with van der Waals surface area (Å²) in [5, 5.41) is 12.8. The minimum atomic E-state index is 0.450. The minimum Gasteiger partial charge on any atom is -0.267 e. The molecule has 1 heterocycles. The number of hydrogen-bond acceptors (Lipinski definition) is 2. The van der Waals surface area contributed by atoms with E-state index in [1.54, 1.807) is 10.7 Å². The number of aryl methyl sites for hydroxylation is 1. The van der Waals surface area contributed by atoms with Crippen molar-refractivity contribution in [1.82, 2.24) is 9.78 Å². The number of hydrogen-bond donors (Lipinski definition) is 0. The van der Waals surface area contributed by atoms with Crippen molar-refractivity contribution < 1.29 is 0 Å². The van der Waals surface area contributed by atoms with Gasteiger partial charge in [-0.15, -0.1) is 0 Å². The molecule has 0 aliphatic carbocycles. The Labute approximate surface area is 82.2 Å². The highest BCUT2D eigenvalue weighted by molar-refractivity contribution is 5.60. The Hall–Kier alpha value is -2.08.